The molecule has 0 radical (unpaired) electrons. The molecule has 154 valence electrons. The molecule has 5 heteroatoms. The van der Waals surface area contributed by atoms with Crippen LogP contribution in [-0.4, -0.2) is 11.4 Å². The molecule has 0 aliphatic heterocycles. The molecule has 0 unspecified atom stereocenters. The molecule has 0 atom stereocenters. The predicted octanol–water partition coefficient (Wildman–Crippen LogP) is 6.36. The molecule has 0 aliphatic rings. The Kier molecular flexibility index (Phi) is 7.31. The average molecular weight is 418 g/mol. The van der Waals surface area contributed by atoms with Gasteiger partial charge in [0.15, 0.2) is 5.17 Å². The molecule has 0 amide bonds. The molecule has 0 aliphatic carbocycles. The van der Waals surface area contributed by atoms with Crippen LogP contribution in [0.5, 0.6) is 11.5 Å². The number of thioether (sulfide) groups is 1. The molecule has 0 aromatic heterocycles. The van der Waals surface area contributed by atoms with E-state index in [1.54, 1.807) is 6.21 Å². The Balaban J connectivity index is 1.52. The molecule has 3 aromatic carbocycles. The van der Waals surface area contributed by atoms with E-state index in [1.165, 1.54) is 22.9 Å². The number of nitrogens with zero attached hydrogens (tertiary/aromatic N) is 2. The van der Waals surface area contributed by atoms with Gasteiger partial charge in [-0.25, -0.2) is 0 Å². The lowest BCUT2D eigenvalue weighted by molar-refractivity contribution is 0.481. The number of ether oxygens (including phenoxy) is 1. The van der Waals surface area contributed by atoms with Crippen LogP contribution >= 0.6 is 11.8 Å². The molecular weight excluding hydrogens is 390 g/mol. The van der Waals surface area contributed by atoms with Gasteiger partial charge in [-0.2, -0.15) is 5.10 Å². The quantitative estimate of drug-likeness (QED) is 0.288. The molecular formula is C25H27N3OS. The van der Waals surface area contributed by atoms with E-state index in [1.807, 2.05) is 54.6 Å². The Hall–Kier alpha value is -3.05. The lowest BCUT2D eigenvalue weighted by atomic mass is 9.87. The zero-order valence-corrected chi connectivity index (χ0v) is 18.4. The van der Waals surface area contributed by atoms with E-state index in [2.05, 4.69) is 55.2 Å². The minimum absolute atomic E-state index is 0.130. The van der Waals surface area contributed by atoms with Crippen LogP contribution in [0.15, 0.2) is 89.1 Å². The first kappa shape index (κ1) is 21.7. The zero-order chi connectivity index (χ0) is 21.4. The van der Waals surface area contributed by atoms with E-state index < -0.39 is 0 Å². The summed E-state index contributed by atoms with van der Waals surface area (Å²) in [5, 5.41) is 8.56. The van der Waals surface area contributed by atoms with Crippen molar-refractivity contribution in [3.63, 3.8) is 0 Å². The van der Waals surface area contributed by atoms with Gasteiger partial charge in [-0.15, -0.1) is 5.10 Å². The van der Waals surface area contributed by atoms with Crippen molar-refractivity contribution in [1.82, 2.24) is 0 Å². The summed E-state index contributed by atoms with van der Waals surface area (Å²) in [5.41, 5.74) is 9.45. The number of hydrogen-bond acceptors (Lipinski definition) is 4. The first-order valence-electron chi connectivity index (χ1n) is 9.82. The van der Waals surface area contributed by atoms with Crippen LogP contribution in [-0.2, 0) is 11.2 Å². The fourth-order valence-corrected chi connectivity index (χ4v) is 3.31. The van der Waals surface area contributed by atoms with Gasteiger partial charge in [-0.1, -0.05) is 75.0 Å². The molecule has 0 heterocycles. The topological polar surface area (TPSA) is 60.0 Å². The number of amidine groups is 1. The van der Waals surface area contributed by atoms with Crippen molar-refractivity contribution in [2.24, 2.45) is 15.9 Å². The molecule has 3 aromatic rings. The van der Waals surface area contributed by atoms with Gasteiger partial charge in [0.25, 0.3) is 0 Å². The summed E-state index contributed by atoms with van der Waals surface area (Å²) in [7, 11) is 0. The zero-order valence-electron chi connectivity index (χ0n) is 17.6. The van der Waals surface area contributed by atoms with Crippen molar-refractivity contribution in [3.8, 4) is 11.5 Å². The van der Waals surface area contributed by atoms with Crippen molar-refractivity contribution >= 4 is 23.1 Å². The fourth-order valence-electron chi connectivity index (χ4n) is 2.69. The summed E-state index contributed by atoms with van der Waals surface area (Å²) in [6, 6.07) is 26.0. The average Bonchev–Trinajstić information content (AvgIpc) is 2.74. The van der Waals surface area contributed by atoms with Crippen molar-refractivity contribution in [1.29, 1.82) is 0 Å². The highest BCUT2D eigenvalue weighted by molar-refractivity contribution is 8.13. The molecule has 0 bridgehead atoms. The maximum absolute atomic E-state index is 5.92. The minimum atomic E-state index is 0.130. The third-order valence-corrected chi connectivity index (χ3v) is 5.28. The fraction of sp³-hybridized carbons (Fsp3) is 0.200. The van der Waals surface area contributed by atoms with E-state index in [0.717, 1.165) is 22.8 Å². The van der Waals surface area contributed by atoms with E-state index in [9.17, 15) is 0 Å². The standard InChI is InChI=1S/C25H27N3OS/c1-25(2,3)21-11-15-23(16-12-21)29-22-13-9-19(10-14-22)17-27-28-24(26)30-18-20-7-5-4-6-8-20/h4-17H,18H2,1-3H3,(H2,26,28). The number of hydrogen-bond donors (Lipinski definition) is 1. The van der Waals surface area contributed by atoms with E-state index >= 15 is 0 Å². The van der Waals surface area contributed by atoms with Gasteiger partial charge in [0, 0.05) is 5.75 Å². The van der Waals surface area contributed by atoms with Crippen molar-refractivity contribution < 1.29 is 4.74 Å². The predicted molar refractivity (Wildman–Crippen MR) is 129 cm³/mol. The minimum Gasteiger partial charge on any atom is -0.457 e. The molecule has 0 saturated carbocycles. The summed E-state index contributed by atoms with van der Waals surface area (Å²) in [5.74, 6) is 2.36. The summed E-state index contributed by atoms with van der Waals surface area (Å²) < 4.78 is 5.92. The maximum atomic E-state index is 5.92. The van der Waals surface area contributed by atoms with Gasteiger partial charge in [0.2, 0.25) is 0 Å². The van der Waals surface area contributed by atoms with E-state index in [4.69, 9.17) is 10.5 Å². The van der Waals surface area contributed by atoms with Crippen LogP contribution in [0.2, 0.25) is 0 Å². The maximum Gasteiger partial charge on any atom is 0.180 e. The van der Waals surface area contributed by atoms with Crippen LogP contribution in [0.25, 0.3) is 0 Å². The second-order valence-electron chi connectivity index (χ2n) is 7.90. The Bertz CT molecular complexity index is 989. The Morgan fingerprint density at radius 2 is 1.50 bits per heavy atom. The number of benzene rings is 3. The molecule has 0 spiro atoms. The smallest absolute Gasteiger partial charge is 0.180 e. The SMILES string of the molecule is CC(C)(C)c1ccc(Oc2ccc(C=NN=C(N)SCc3ccccc3)cc2)cc1. The van der Waals surface area contributed by atoms with Crippen LogP contribution in [0.3, 0.4) is 0 Å². The Morgan fingerprint density at radius 1 is 0.900 bits per heavy atom. The number of nitrogens with two attached hydrogens (primary N) is 1. The highest BCUT2D eigenvalue weighted by Crippen LogP contribution is 2.27. The van der Waals surface area contributed by atoms with Crippen molar-refractivity contribution in [3.05, 3.63) is 95.6 Å². The molecule has 4 nitrogen and oxygen atoms in total. The highest BCUT2D eigenvalue weighted by Gasteiger charge is 2.13. The summed E-state index contributed by atoms with van der Waals surface area (Å²) in [4.78, 5) is 0. The molecule has 0 fully saturated rings. The summed E-state index contributed by atoms with van der Waals surface area (Å²) >= 11 is 1.46. The second kappa shape index (κ2) is 10.1. The number of rotatable bonds is 6. The monoisotopic (exact) mass is 417 g/mol. The van der Waals surface area contributed by atoms with Gasteiger partial charge >= 0.3 is 0 Å². The lowest BCUT2D eigenvalue weighted by Gasteiger charge is -2.19. The van der Waals surface area contributed by atoms with Gasteiger partial charge < -0.3 is 10.5 Å². The van der Waals surface area contributed by atoms with Crippen LogP contribution in [0, 0.1) is 0 Å². The second-order valence-corrected chi connectivity index (χ2v) is 8.90. The Morgan fingerprint density at radius 3 is 2.10 bits per heavy atom. The Labute approximate surface area is 182 Å². The van der Waals surface area contributed by atoms with Gasteiger partial charge in [-0.3, -0.25) is 0 Å². The largest absolute Gasteiger partial charge is 0.457 e. The summed E-state index contributed by atoms with van der Waals surface area (Å²) in [6.07, 6.45) is 1.68. The van der Waals surface area contributed by atoms with Crippen LogP contribution in [0.1, 0.15) is 37.5 Å². The van der Waals surface area contributed by atoms with E-state index in [0.29, 0.717) is 5.17 Å². The normalized spacial score (nSPS) is 12.3. The summed E-state index contributed by atoms with van der Waals surface area (Å²) in [6.45, 7) is 6.59. The third kappa shape index (κ3) is 6.78. The lowest BCUT2D eigenvalue weighted by Crippen LogP contribution is -2.10. The highest BCUT2D eigenvalue weighted by atomic mass is 32.2. The van der Waals surface area contributed by atoms with E-state index in [-0.39, 0.29) is 5.41 Å². The van der Waals surface area contributed by atoms with Gasteiger partial charge in [0.05, 0.1) is 6.21 Å². The van der Waals surface area contributed by atoms with Crippen LogP contribution < -0.4 is 10.5 Å². The molecule has 30 heavy (non-hydrogen) atoms. The molecule has 2 N–H and O–H groups in total. The van der Waals surface area contributed by atoms with Crippen LogP contribution in [0.4, 0.5) is 0 Å². The third-order valence-electron chi connectivity index (χ3n) is 4.43. The molecule has 3 rings (SSSR count). The van der Waals surface area contributed by atoms with Crippen molar-refractivity contribution in [2.75, 3.05) is 0 Å². The molecule has 0 saturated heterocycles. The van der Waals surface area contributed by atoms with Gasteiger partial charge in [-0.05, 0) is 58.5 Å². The first-order valence-corrected chi connectivity index (χ1v) is 10.8. The van der Waals surface area contributed by atoms with Crippen molar-refractivity contribution in [2.45, 2.75) is 31.9 Å². The van der Waals surface area contributed by atoms with Gasteiger partial charge in [0.1, 0.15) is 11.5 Å². The first-order chi connectivity index (χ1) is 14.4.